The fourth-order valence-corrected chi connectivity index (χ4v) is 0.514. The molecular weight excluding hydrogens is 118 g/mol. The zero-order valence-electron chi connectivity index (χ0n) is 5.64. The van der Waals surface area contributed by atoms with E-state index in [0.717, 1.165) is 0 Å². The Balaban J connectivity index is 3.71. The van der Waals surface area contributed by atoms with Gasteiger partial charge in [0.25, 0.3) is 0 Å². The maximum Gasteiger partial charge on any atom is 0.0296 e. The van der Waals surface area contributed by atoms with E-state index < -0.39 is 0 Å². The second-order valence-electron chi connectivity index (χ2n) is 2.17. The van der Waals surface area contributed by atoms with Crippen molar-refractivity contribution in [3.63, 3.8) is 0 Å². The molecule has 0 aliphatic carbocycles. The Morgan fingerprint density at radius 1 is 1.50 bits per heavy atom. The summed E-state index contributed by atoms with van der Waals surface area (Å²) in [6.07, 6.45) is 5.65. The zero-order valence-corrected chi connectivity index (χ0v) is 6.46. The first-order chi connectivity index (χ1) is 3.62. The van der Waals surface area contributed by atoms with Gasteiger partial charge < -0.3 is 5.73 Å². The molecule has 48 valence electrons. The Morgan fingerprint density at radius 3 is 2.12 bits per heavy atom. The van der Waals surface area contributed by atoms with Crippen molar-refractivity contribution < 1.29 is 0 Å². The van der Waals surface area contributed by atoms with Crippen LogP contribution in [-0.2, 0) is 0 Å². The quantitative estimate of drug-likeness (QED) is 0.616. The van der Waals surface area contributed by atoms with E-state index in [9.17, 15) is 0 Å². The van der Waals surface area contributed by atoms with E-state index in [1.165, 1.54) is 0 Å². The van der Waals surface area contributed by atoms with Crippen molar-refractivity contribution in [2.24, 2.45) is 5.73 Å². The SMILES string of the molecule is CSC(C)(C)C=CN. The largest absolute Gasteiger partial charge is 0.405 e. The third-order valence-electron chi connectivity index (χ3n) is 1.02. The standard InChI is InChI=1S/C6H13NS/c1-6(2,8-3)4-5-7/h4-5H,7H2,1-3H3. The molecule has 2 heteroatoms. The summed E-state index contributed by atoms with van der Waals surface area (Å²) in [5.41, 5.74) is 5.20. The molecule has 0 rings (SSSR count). The maximum absolute atomic E-state index is 5.20. The van der Waals surface area contributed by atoms with Crippen LogP contribution in [-0.4, -0.2) is 11.0 Å². The van der Waals surface area contributed by atoms with Crippen molar-refractivity contribution in [3.8, 4) is 0 Å². The van der Waals surface area contributed by atoms with Crippen molar-refractivity contribution in [2.45, 2.75) is 18.6 Å². The maximum atomic E-state index is 5.20. The van der Waals surface area contributed by atoms with Gasteiger partial charge >= 0.3 is 0 Å². The van der Waals surface area contributed by atoms with Gasteiger partial charge in [0, 0.05) is 4.75 Å². The summed E-state index contributed by atoms with van der Waals surface area (Å²) in [7, 11) is 0. The second kappa shape index (κ2) is 3.02. The van der Waals surface area contributed by atoms with E-state index in [1.54, 1.807) is 18.0 Å². The van der Waals surface area contributed by atoms with Crippen LogP contribution in [0, 0.1) is 0 Å². The molecule has 0 heterocycles. The minimum atomic E-state index is 0.203. The van der Waals surface area contributed by atoms with Crippen molar-refractivity contribution in [1.82, 2.24) is 0 Å². The van der Waals surface area contributed by atoms with Gasteiger partial charge in [-0.2, -0.15) is 11.8 Å². The fraction of sp³-hybridized carbons (Fsp3) is 0.667. The highest BCUT2D eigenvalue weighted by Crippen LogP contribution is 2.21. The molecule has 0 saturated heterocycles. The molecule has 1 nitrogen and oxygen atoms in total. The predicted molar refractivity (Wildman–Crippen MR) is 40.9 cm³/mol. The summed E-state index contributed by atoms with van der Waals surface area (Å²) >= 11 is 1.78. The molecule has 0 aromatic carbocycles. The number of hydrogen-bond donors (Lipinski definition) is 1. The minimum Gasteiger partial charge on any atom is -0.405 e. The smallest absolute Gasteiger partial charge is 0.0296 e. The number of rotatable bonds is 2. The van der Waals surface area contributed by atoms with E-state index in [-0.39, 0.29) is 4.75 Å². The number of nitrogens with two attached hydrogens (primary N) is 1. The Bertz CT molecular complexity index is 86.5. The second-order valence-corrected chi connectivity index (χ2v) is 3.63. The summed E-state index contributed by atoms with van der Waals surface area (Å²) in [4.78, 5) is 0. The molecule has 0 aliphatic rings. The van der Waals surface area contributed by atoms with Gasteiger partial charge in [0.1, 0.15) is 0 Å². The first kappa shape index (κ1) is 7.89. The average Bonchev–Trinajstić information content (AvgIpc) is 1.67. The van der Waals surface area contributed by atoms with Crippen LogP contribution in [0.15, 0.2) is 12.3 Å². The van der Waals surface area contributed by atoms with Gasteiger partial charge in [-0.15, -0.1) is 0 Å². The first-order valence-electron chi connectivity index (χ1n) is 2.57. The van der Waals surface area contributed by atoms with Crippen molar-refractivity contribution in [3.05, 3.63) is 12.3 Å². The summed E-state index contributed by atoms with van der Waals surface area (Å²) in [5, 5.41) is 0. The molecule has 0 spiro atoms. The van der Waals surface area contributed by atoms with Crippen LogP contribution in [0.3, 0.4) is 0 Å². The highest BCUT2D eigenvalue weighted by atomic mass is 32.2. The molecule has 2 N–H and O–H groups in total. The minimum absolute atomic E-state index is 0.203. The first-order valence-corrected chi connectivity index (χ1v) is 3.79. The third kappa shape index (κ3) is 2.97. The predicted octanol–water partition coefficient (Wildman–Crippen LogP) is 1.60. The summed E-state index contributed by atoms with van der Waals surface area (Å²) in [5.74, 6) is 0. The average molecular weight is 131 g/mol. The van der Waals surface area contributed by atoms with Crippen LogP contribution in [0.25, 0.3) is 0 Å². The Hall–Kier alpha value is -0.110. The molecule has 8 heavy (non-hydrogen) atoms. The van der Waals surface area contributed by atoms with Crippen LogP contribution in [0.5, 0.6) is 0 Å². The van der Waals surface area contributed by atoms with E-state index in [1.807, 2.05) is 6.08 Å². The highest BCUT2D eigenvalue weighted by molar-refractivity contribution is 8.00. The topological polar surface area (TPSA) is 26.0 Å². The van der Waals surface area contributed by atoms with Crippen molar-refractivity contribution in [1.29, 1.82) is 0 Å². The summed E-state index contributed by atoms with van der Waals surface area (Å²) < 4.78 is 0.203. The number of hydrogen-bond acceptors (Lipinski definition) is 2. The molecule has 0 saturated carbocycles. The molecule has 0 aromatic rings. The molecule has 0 atom stereocenters. The Kier molecular flexibility index (Phi) is 2.98. The lowest BCUT2D eigenvalue weighted by Gasteiger charge is -2.14. The van der Waals surface area contributed by atoms with Gasteiger partial charge in [0.05, 0.1) is 0 Å². The van der Waals surface area contributed by atoms with Gasteiger partial charge in [-0.1, -0.05) is 6.08 Å². The van der Waals surface area contributed by atoms with Gasteiger partial charge in [-0.25, -0.2) is 0 Å². The number of thioether (sulfide) groups is 1. The van der Waals surface area contributed by atoms with Crippen LogP contribution >= 0.6 is 11.8 Å². The molecule has 0 unspecified atom stereocenters. The van der Waals surface area contributed by atoms with Crippen LogP contribution in [0.4, 0.5) is 0 Å². The van der Waals surface area contributed by atoms with Gasteiger partial charge in [0.15, 0.2) is 0 Å². The molecule has 0 aromatic heterocycles. The lowest BCUT2D eigenvalue weighted by Crippen LogP contribution is -2.09. The van der Waals surface area contributed by atoms with Gasteiger partial charge in [-0.05, 0) is 26.3 Å². The van der Waals surface area contributed by atoms with E-state index in [0.29, 0.717) is 0 Å². The Labute approximate surface area is 55.3 Å². The van der Waals surface area contributed by atoms with Crippen LogP contribution < -0.4 is 5.73 Å². The normalized spacial score (nSPS) is 12.9. The Morgan fingerprint density at radius 2 is 2.00 bits per heavy atom. The molecule has 0 fully saturated rings. The lowest BCUT2D eigenvalue weighted by atomic mass is 10.2. The molecule has 0 bridgehead atoms. The van der Waals surface area contributed by atoms with E-state index >= 15 is 0 Å². The summed E-state index contributed by atoms with van der Waals surface area (Å²) in [6.45, 7) is 4.25. The highest BCUT2D eigenvalue weighted by Gasteiger charge is 2.08. The van der Waals surface area contributed by atoms with E-state index in [4.69, 9.17) is 5.73 Å². The van der Waals surface area contributed by atoms with Gasteiger partial charge in [-0.3, -0.25) is 0 Å². The summed E-state index contributed by atoms with van der Waals surface area (Å²) in [6, 6.07) is 0. The molecule has 0 radical (unpaired) electrons. The monoisotopic (exact) mass is 131 g/mol. The lowest BCUT2D eigenvalue weighted by molar-refractivity contribution is 0.899. The van der Waals surface area contributed by atoms with Crippen LogP contribution in [0.2, 0.25) is 0 Å². The third-order valence-corrected chi connectivity index (χ3v) is 2.21. The van der Waals surface area contributed by atoms with E-state index in [2.05, 4.69) is 20.1 Å². The molecule has 0 aliphatic heterocycles. The van der Waals surface area contributed by atoms with Crippen LogP contribution in [0.1, 0.15) is 13.8 Å². The van der Waals surface area contributed by atoms with Crippen molar-refractivity contribution in [2.75, 3.05) is 6.26 Å². The zero-order chi connectivity index (χ0) is 6.62. The molecule has 0 amide bonds. The fourth-order valence-electron chi connectivity index (χ4n) is 0.300. The molecular formula is C6H13NS. The van der Waals surface area contributed by atoms with Gasteiger partial charge in [0.2, 0.25) is 0 Å². The van der Waals surface area contributed by atoms with Crippen molar-refractivity contribution >= 4 is 11.8 Å².